The van der Waals surface area contributed by atoms with Gasteiger partial charge in [-0.3, -0.25) is 0 Å². The van der Waals surface area contributed by atoms with Crippen molar-refractivity contribution in [3.05, 3.63) is 34.3 Å². The fourth-order valence-corrected chi connectivity index (χ4v) is 2.82. The fraction of sp³-hybridized carbons (Fsp3) is 0.538. The van der Waals surface area contributed by atoms with Crippen LogP contribution >= 0.6 is 15.9 Å². The molecule has 0 saturated heterocycles. The van der Waals surface area contributed by atoms with Gasteiger partial charge in [0.05, 0.1) is 0 Å². The molecule has 0 aliphatic heterocycles. The molecule has 1 saturated carbocycles. The second kappa shape index (κ2) is 5.80. The Kier molecular flexibility index (Phi) is 4.38. The van der Waals surface area contributed by atoms with E-state index in [9.17, 15) is 0 Å². The lowest BCUT2D eigenvalue weighted by Crippen LogP contribution is -2.41. The number of hydrogen-bond acceptors (Lipinski definition) is 2. The maximum absolute atomic E-state index is 6.02. The third-order valence-corrected chi connectivity index (χ3v) is 4.10. The lowest BCUT2D eigenvalue weighted by molar-refractivity contribution is 0.479. The molecule has 3 heteroatoms. The van der Waals surface area contributed by atoms with Gasteiger partial charge >= 0.3 is 0 Å². The summed E-state index contributed by atoms with van der Waals surface area (Å²) in [6.45, 7) is 1.01. The van der Waals surface area contributed by atoms with Gasteiger partial charge in [-0.05, 0) is 37.4 Å². The molecule has 0 bridgehead atoms. The lowest BCUT2D eigenvalue weighted by Gasteiger charge is -2.17. The fourth-order valence-electron chi connectivity index (χ4n) is 2.34. The van der Waals surface area contributed by atoms with E-state index < -0.39 is 0 Å². The SMILES string of the molecule is NC1CCCC1NCCc1ccccc1Br. The van der Waals surface area contributed by atoms with E-state index in [1.807, 2.05) is 6.07 Å². The Labute approximate surface area is 106 Å². The molecule has 1 aromatic rings. The van der Waals surface area contributed by atoms with Crippen LogP contribution in [0.2, 0.25) is 0 Å². The molecule has 0 amide bonds. The quantitative estimate of drug-likeness (QED) is 0.891. The van der Waals surface area contributed by atoms with Gasteiger partial charge in [0.1, 0.15) is 0 Å². The summed E-state index contributed by atoms with van der Waals surface area (Å²) in [5.74, 6) is 0. The zero-order valence-corrected chi connectivity index (χ0v) is 11.0. The van der Waals surface area contributed by atoms with Crippen LogP contribution in [0.25, 0.3) is 0 Å². The van der Waals surface area contributed by atoms with Gasteiger partial charge in [0.2, 0.25) is 0 Å². The summed E-state index contributed by atoms with van der Waals surface area (Å²) in [6, 6.07) is 9.29. The molecule has 2 unspecified atom stereocenters. The number of nitrogens with one attached hydrogen (secondary N) is 1. The van der Waals surface area contributed by atoms with Gasteiger partial charge in [0.25, 0.3) is 0 Å². The van der Waals surface area contributed by atoms with Gasteiger partial charge in [-0.1, -0.05) is 40.5 Å². The highest BCUT2D eigenvalue weighted by atomic mass is 79.9. The predicted octanol–water partition coefficient (Wildman–Crippen LogP) is 2.46. The average Bonchev–Trinajstić information content (AvgIpc) is 2.67. The van der Waals surface area contributed by atoms with Gasteiger partial charge in [0, 0.05) is 16.6 Å². The third-order valence-electron chi connectivity index (χ3n) is 3.33. The zero-order valence-electron chi connectivity index (χ0n) is 9.45. The molecular formula is C13H19BrN2. The molecule has 0 aromatic heterocycles. The van der Waals surface area contributed by atoms with Gasteiger partial charge in [-0.2, -0.15) is 0 Å². The summed E-state index contributed by atoms with van der Waals surface area (Å²) < 4.78 is 1.20. The largest absolute Gasteiger partial charge is 0.326 e. The molecule has 1 aromatic carbocycles. The van der Waals surface area contributed by atoms with Crippen molar-refractivity contribution >= 4 is 15.9 Å². The standard InChI is InChI=1S/C13H19BrN2/c14-11-5-2-1-4-10(11)8-9-16-13-7-3-6-12(13)15/h1-2,4-5,12-13,16H,3,6-9,15H2. The zero-order chi connectivity index (χ0) is 11.4. The first-order valence-corrected chi connectivity index (χ1v) is 6.79. The predicted molar refractivity (Wildman–Crippen MR) is 71.5 cm³/mol. The highest BCUT2D eigenvalue weighted by Gasteiger charge is 2.22. The van der Waals surface area contributed by atoms with Gasteiger partial charge in [-0.25, -0.2) is 0 Å². The van der Waals surface area contributed by atoms with E-state index in [-0.39, 0.29) is 0 Å². The molecular weight excluding hydrogens is 264 g/mol. The summed E-state index contributed by atoms with van der Waals surface area (Å²) in [5.41, 5.74) is 7.38. The molecule has 1 aliphatic carbocycles. The number of hydrogen-bond donors (Lipinski definition) is 2. The van der Waals surface area contributed by atoms with Crippen molar-refractivity contribution in [1.82, 2.24) is 5.32 Å². The Bertz CT molecular complexity index is 340. The highest BCUT2D eigenvalue weighted by Crippen LogP contribution is 2.18. The minimum absolute atomic E-state index is 0.360. The minimum atomic E-state index is 0.360. The van der Waals surface area contributed by atoms with Crippen LogP contribution in [-0.4, -0.2) is 18.6 Å². The molecule has 2 rings (SSSR count). The summed E-state index contributed by atoms with van der Waals surface area (Å²) >= 11 is 3.57. The van der Waals surface area contributed by atoms with Crippen molar-refractivity contribution in [3.8, 4) is 0 Å². The molecule has 16 heavy (non-hydrogen) atoms. The van der Waals surface area contributed by atoms with E-state index in [0.29, 0.717) is 12.1 Å². The van der Waals surface area contributed by atoms with E-state index in [4.69, 9.17) is 5.73 Å². The third kappa shape index (κ3) is 3.06. The van der Waals surface area contributed by atoms with Crippen LogP contribution < -0.4 is 11.1 Å². The molecule has 2 atom stereocenters. The lowest BCUT2D eigenvalue weighted by atomic mass is 10.1. The maximum atomic E-state index is 6.02. The Hall–Kier alpha value is -0.380. The van der Waals surface area contributed by atoms with Crippen LogP contribution in [0.4, 0.5) is 0 Å². The van der Waals surface area contributed by atoms with Crippen molar-refractivity contribution in [2.45, 2.75) is 37.8 Å². The minimum Gasteiger partial charge on any atom is -0.326 e. The number of nitrogens with two attached hydrogens (primary N) is 1. The van der Waals surface area contributed by atoms with Gasteiger partial charge in [-0.15, -0.1) is 0 Å². The average molecular weight is 283 g/mol. The molecule has 88 valence electrons. The van der Waals surface area contributed by atoms with Crippen molar-refractivity contribution < 1.29 is 0 Å². The van der Waals surface area contributed by atoms with E-state index in [0.717, 1.165) is 13.0 Å². The first kappa shape index (κ1) is 12.1. The normalized spacial score (nSPS) is 24.9. The van der Waals surface area contributed by atoms with Crippen molar-refractivity contribution in [2.75, 3.05) is 6.54 Å². The van der Waals surface area contributed by atoms with Crippen LogP contribution in [0.1, 0.15) is 24.8 Å². The second-order valence-electron chi connectivity index (χ2n) is 4.50. The van der Waals surface area contributed by atoms with Crippen molar-refractivity contribution in [1.29, 1.82) is 0 Å². The summed E-state index contributed by atoms with van der Waals surface area (Å²) in [6.07, 6.45) is 4.74. The summed E-state index contributed by atoms with van der Waals surface area (Å²) in [7, 11) is 0. The molecule has 3 N–H and O–H groups in total. The van der Waals surface area contributed by atoms with Crippen LogP contribution in [0.15, 0.2) is 28.7 Å². The number of halogens is 1. The molecule has 0 heterocycles. The van der Waals surface area contributed by atoms with E-state index >= 15 is 0 Å². The molecule has 1 fully saturated rings. The molecule has 0 radical (unpaired) electrons. The Balaban J connectivity index is 1.78. The van der Waals surface area contributed by atoms with E-state index in [1.54, 1.807) is 0 Å². The van der Waals surface area contributed by atoms with Crippen LogP contribution in [0.3, 0.4) is 0 Å². The number of rotatable bonds is 4. The Morgan fingerprint density at radius 2 is 2.12 bits per heavy atom. The van der Waals surface area contributed by atoms with Crippen LogP contribution in [0.5, 0.6) is 0 Å². The molecule has 1 aliphatic rings. The Morgan fingerprint density at radius 3 is 2.81 bits per heavy atom. The summed E-state index contributed by atoms with van der Waals surface area (Å²) in [5, 5.41) is 3.56. The second-order valence-corrected chi connectivity index (χ2v) is 5.35. The van der Waals surface area contributed by atoms with Crippen molar-refractivity contribution in [3.63, 3.8) is 0 Å². The number of benzene rings is 1. The molecule has 0 spiro atoms. The first-order valence-electron chi connectivity index (χ1n) is 6.00. The van der Waals surface area contributed by atoms with Gasteiger partial charge < -0.3 is 11.1 Å². The first-order chi connectivity index (χ1) is 7.77. The topological polar surface area (TPSA) is 38.0 Å². The van der Waals surface area contributed by atoms with Crippen molar-refractivity contribution in [2.24, 2.45) is 5.73 Å². The maximum Gasteiger partial charge on any atom is 0.0219 e. The van der Waals surface area contributed by atoms with Crippen LogP contribution in [0, 0.1) is 0 Å². The Morgan fingerprint density at radius 1 is 1.31 bits per heavy atom. The monoisotopic (exact) mass is 282 g/mol. The van der Waals surface area contributed by atoms with Gasteiger partial charge in [0.15, 0.2) is 0 Å². The summed E-state index contributed by atoms with van der Waals surface area (Å²) in [4.78, 5) is 0. The highest BCUT2D eigenvalue weighted by molar-refractivity contribution is 9.10. The van der Waals surface area contributed by atoms with E-state index in [2.05, 4.69) is 39.4 Å². The molecule has 2 nitrogen and oxygen atoms in total. The van der Waals surface area contributed by atoms with E-state index in [1.165, 1.54) is 29.3 Å². The smallest absolute Gasteiger partial charge is 0.0219 e. The van der Waals surface area contributed by atoms with Crippen LogP contribution in [-0.2, 0) is 6.42 Å².